The van der Waals surface area contributed by atoms with E-state index in [1.54, 1.807) is 38.1 Å². The molecule has 0 N–H and O–H groups in total. The Kier molecular flexibility index (Phi) is 11.5. The summed E-state index contributed by atoms with van der Waals surface area (Å²) in [5.41, 5.74) is 0.612. The van der Waals surface area contributed by atoms with Gasteiger partial charge in [0.2, 0.25) is 5.75 Å². The van der Waals surface area contributed by atoms with Crippen molar-refractivity contribution in [3.63, 3.8) is 0 Å². The Morgan fingerprint density at radius 3 is 2.05 bits per heavy atom. The summed E-state index contributed by atoms with van der Waals surface area (Å²) in [7, 11) is 1.37. The van der Waals surface area contributed by atoms with E-state index in [-0.39, 0.29) is 47.8 Å². The molecule has 1 aromatic heterocycles. The van der Waals surface area contributed by atoms with E-state index in [1.165, 1.54) is 50.6 Å². The normalized spacial score (nSPS) is 13.5. The van der Waals surface area contributed by atoms with Crippen molar-refractivity contribution >= 4 is 17.7 Å². The topological polar surface area (TPSA) is 101 Å². The van der Waals surface area contributed by atoms with Crippen LogP contribution in [0.2, 0.25) is 0 Å². The van der Waals surface area contributed by atoms with Crippen LogP contribution in [-0.2, 0) is 32.1 Å². The summed E-state index contributed by atoms with van der Waals surface area (Å²) in [6.45, 7) is 8.42. The van der Waals surface area contributed by atoms with Gasteiger partial charge in [0.1, 0.15) is 17.7 Å². The number of carbonyl (C=O) groups is 3. The molecule has 10 heteroatoms. The molecule has 0 fully saturated rings. The molecule has 3 aromatic rings. The van der Waals surface area contributed by atoms with Gasteiger partial charge in [-0.3, -0.25) is 14.4 Å². The zero-order chi connectivity index (χ0) is 31.7. The van der Waals surface area contributed by atoms with Crippen molar-refractivity contribution in [1.82, 2.24) is 4.98 Å². The van der Waals surface area contributed by atoms with E-state index in [2.05, 4.69) is 4.98 Å². The molecule has 3 atom stereocenters. The Morgan fingerprint density at radius 1 is 0.907 bits per heavy atom. The third-order valence-electron chi connectivity index (χ3n) is 7.15. The third kappa shape index (κ3) is 9.41. The number of carbonyl (C=O) groups excluding carboxylic acids is 3. The van der Waals surface area contributed by atoms with E-state index >= 15 is 0 Å². The van der Waals surface area contributed by atoms with Crippen molar-refractivity contribution in [3.8, 4) is 11.5 Å². The summed E-state index contributed by atoms with van der Waals surface area (Å²) in [5.74, 6) is -3.72. The van der Waals surface area contributed by atoms with Crippen molar-refractivity contribution in [2.45, 2.75) is 65.8 Å². The van der Waals surface area contributed by atoms with Crippen LogP contribution in [0.15, 0.2) is 60.8 Å². The molecule has 0 aliphatic carbocycles. The third-order valence-corrected chi connectivity index (χ3v) is 7.15. The highest BCUT2D eigenvalue weighted by molar-refractivity contribution is 5.99. The fraction of sp³-hybridized carbons (Fsp3) is 0.394. The summed E-state index contributed by atoms with van der Waals surface area (Å²) in [4.78, 5) is 42.0. The monoisotopic (exact) mass is 597 g/mol. The molecule has 0 unspecified atom stereocenters. The lowest BCUT2D eigenvalue weighted by atomic mass is 9.81. The number of methoxy groups -OCH3 is 1. The number of hydrogen-bond donors (Lipinski definition) is 0. The lowest BCUT2D eigenvalue weighted by molar-refractivity contribution is -0.164. The minimum Gasteiger partial charge on any atom is -0.493 e. The number of esters is 2. The second-order valence-corrected chi connectivity index (χ2v) is 10.9. The first-order chi connectivity index (χ1) is 20.3. The zero-order valence-electron chi connectivity index (χ0n) is 25.2. The molecule has 0 saturated heterocycles. The van der Waals surface area contributed by atoms with Crippen LogP contribution in [0.4, 0.5) is 8.78 Å². The Morgan fingerprint density at radius 2 is 1.49 bits per heavy atom. The molecule has 230 valence electrons. The van der Waals surface area contributed by atoms with Gasteiger partial charge < -0.3 is 18.9 Å². The highest BCUT2D eigenvalue weighted by atomic mass is 19.1. The maximum atomic E-state index is 13.6. The fourth-order valence-corrected chi connectivity index (χ4v) is 4.68. The van der Waals surface area contributed by atoms with Crippen LogP contribution in [0.1, 0.15) is 62.7 Å². The highest BCUT2D eigenvalue weighted by Gasteiger charge is 2.38. The average Bonchev–Trinajstić information content (AvgIpc) is 2.96. The second kappa shape index (κ2) is 14.8. The number of pyridine rings is 1. The summed E-state index contributed by atoms with van der Waals surface area (Å²) in [6, 6.07) is 13.5. The van der Waals surface area contributed by atoms with Gasteiger partial charge >= 0.3 is 11.9 Å². The predicted molar refractivity (Wildman–Crippen MR) is 155 cm³/mol. The van der Waals surface area contributed by atoms with Gasteiger partial charge in [-0.2, -0.15) is 0 Å². The maximum absolute atomic E-state index is 13.6. The largest absolute Gasteiger partial charge is 0.493 e. The first-order valence-electron chi connectivity index (χ1n) is 13.9. The summed E-state index contributed by atoms with van der Waals surface area (Å²) < 4.78 is 49.5. The van der Waals surface area contributed by atoms with Crippen molar-refractivity contribution in [1.29, 1.82) is 0 Å². The van der Waals surface area contributed by atoms with Gasteiger partial charge in [0.05, 0.1) is 25.2 Å². The van der Waals surface area contributed by atoms with Crippen LogP contribution in [0, 0.1) is 23.5 Å². The number of rotatable bonds is 14. The minimum atomic E-state index is -0.858. The molecule has 3 rings (SSSR count). The molecular formula is C33H37F2NO7. The molecule has 0 radical (unpaired) electrons. The standard InChI is InChI=1S/C33H37F2NO7/c1-20(17-28(38)30-31(43-22(3)37)29(40-6)15-16-36-30)32(39)42-21(2)27(18-23-7-11-25(34)12-8-23)33(4,5)41-19-24-9-13-26(35)14-10-24/h7-16,20-21,27H,17-19H2,1-6H3/t20-,21+,27+/m1/s1. The number of nitrogens with zero attached hydrogens (tertiary/aromatic N) is 1. The van der Waals surface area contributed by atoms with Gasteiger partial charge in [-0.1, -0.05) is 31.2 Å². The molecule has 1 heterocycles. The molecule has 8 nitrogen and oxygen atoms in total. The molecule has 0 aliphatic heterocycles. The smallest absolute Gasteiger partial charge is 0.309 e. The Bertz CT molecular complexity index is 1410. The molecule has 2 aromatic carbocycles. The quantitative estimate of drug-likeness (QED) is 0.158. The van der Waals surface area contributed by atoms with Crippen LogP contribution < -0.4 is 9.47 Å². The zero-order valence-corrected chi connectivity index (χ0v) is 25.2. The van der Waals surface area contributed by atoms with Crippen LogP contribution in [0.25, 0.3) is 0 Å². The molecule has 0 bridgehead atoms. The fourth-order valence-electron chi connectivity index (χ4n) is 4.68. The number of halogens is 2. The van der Waals surface area contributed by atoms with Gasteiger partial charge in [-0.15, -0.1) is 0 Å². The number of hydrogen-bond acceptors (Lipinski definition) is 8. The van der Waals surface area contributed by atoms with Gasteiger partial charge in [0.25, 0.3) is 0 Å². The Hall–Kier alpha value is -4.18. The van der Waals surface area contributed by atoms with Crippen LogP contribution in [0.5, 0.6) is 11.5 Å². The molecule has 0 amide bonds. The van der Waals surface area contributed by atoms with E-state index < -0.39 is 35.3 Å². The maximum Gasteiger partial charge on any atom is 0.309 e. The van der Waals surface area contributed by atoms with Crippen molar-refractivity contribution < 1.29 is 42.1 Å². The van der Waals surface area contributed by atoms with Gasteiger partial charge in [-0.25, -0.2) is 13.8 Å². The van der Waals surface area contributed by atoms with E-state index in [0.717, 1.165) is 11.1 Å². The SMILES string of the molecule is COc1ccnc(C(=O)C[C@@H](C)C(=O)O[C@@H](C)[C@H](Cc2ccc(F)cc2)C(C)(C)OCc2ccc(F)cc2)c1OC(C)=O. The number of ketones is 1. The lowest BCUT2D eigenvalue weighted by Crippen LogP contribution is -2.44. The summed E-state index contributed by atoms with van der Waals surface area (Å²) in [5, 5.41) is 0. The first-order valence-corrected chi connectivity index (χ1v) is 13.9. The number of aromatic nitrogens is 1. The summed E-state index contributed by atoms with van der Waals surface area (Å²) in [6.07, 6.45) is 0.813. The van der Waals surface area contributed by atoms with Crippen LogP contribution in [-0.4, -0.2) is 41.5 Å². The first kappa shape index (κ1) is 33.3. The van der Waals surface area contributed by atoms with Crippen LogP contribution in [0.3, 0.4) is 0 Å². The van der Waals surface area contributed by atoms with E-state index in [9.17, 15) is 23.2 Å². The van der Waals surface area contributed by atoms with Crippen molar-refractivity contribution in [2.24, 2.45) is 11.8 Å². The van der Waals surface area contributed by atoms with Gasteiger partial charge in [-0.05, 0) is 62.6 Å². The highest BCUT2D eigenvalue weighted by Crippen LogP contribution is 2.33. The minimum absolute atomic E-state index is 0.115. The predicted octanol–water partition coefficient (Wildman–Crippen LogP) is 6.29. The molecule has 0 saturated carbocycles. The van der Waals surface area contributed by atoms with Crippen LogP contribution >= 0.6 is 0 Å². The van der Waals surface area contributed by atoms with E-state index in [1.807, 2.05) is 13.8 Å². The molecule has 0 spiro atoms. The molecule has 43 heavy (non-hydrogen) atoms. The number of Topliss-reactive ketones (excluding diaryl/α,β-unsaturated/α-hetero) is 1. The molecule has 0 aliphatic rings. The van der Waals surface area contributed by atoms with E-state index in [0.29, 0.717) is 6.42 Å². The Balaban J connectivity index is 1.76. The number of ether oxygens (including phenoxy) is 4. The summed E-state index contributed by atoms with van der Waals surface area (Å²) >= 11 is 0. The van der Waals surface area contributed by atoms with Crippen molar-refractivity contribution in [3.05, 3.63) is 89.2 Å². The number of benzene rings is 2. The average molecular weight is 598 g/mol. The Labute approximate surface area is 250 Å². The van der Waals surface area contributed by atoms with Gasteiger partial charge in [0, 0.05) is 31.5 Å². The van der Waals surface area contributed by atoms with Gasteiger partial charge in [0.15, 0.2) is 17.2 Å². The van der Waals surface area contributed by atoms with Crippen molar-refractivity contribution in [2.75, 3.05) is 7.11 Å². The second-order valence-electron chi connectivity index (χ2n) is 10.9. The van der Waals surface area contributed by atoms with E-state index in [4.69, 9.17) is 18.9 Å². The molecular weight excluding hydrogens is 560 g/mol. The lowest BCUT2D eigenvalue weighted by Gasteiger charge is -2.38.